The van der Waals surface area contributed by atoms with E-state index >= 15 is 0 Å². The lowest BCUT2D eigenvalue weighted by Crippen LogP contribution is -2.02. The first-order chi connectivity index (χ1) is 9.74. The maximum absolute atomic E-state index is 13.1. The van der Waals surface area contributed by atoms with Gasteiger partial charge in [0, 0.05) is 23.8 Å². The van der Waals surface area contributed by atoms with Crippen molar-refractivity contribution in [2.45, 2.75) is 6.92 Å². The van der Waals surface area contributed by atoms with Crippen molar-refractivity contribution in [2.75, 3.05) is 5.32 Å². The minimum atomic E-state index is -0.237. The van der Waals surface area contributed by atoms with Crippen LogP contribution in [0.2, 0.25) is 0 Å². The van der Waals surface area contributed by atoms with Crippen LogP contribution in [0.5, 0.6) is 0 Å². The van der Waals surface area contributed by atoms with E-state index in [-0.39, 0.29) is 5.82 Å². The molecule has 0 fully saturated rings. The number of halogens is 1. The number of hydrogen-bond donors (Lipinski definition) is 1. The Morgan fingerprint density at radius 2 is 1.90 bits per heavy atom. The van der Waals surface area contributed by atoms with Gasteiger partial charge in [0.1, 0.15) is 5.82 Å². The number of imidazole rings is 1. The van der Waals surface area contributed by atoms with Gasteiger partial charge in [-0.15, -0.1) is 0 Å². The van der Waals surface area contributed by atoms with Crippen LogP contribution in [-0.4, -0.2) is 9.55 Å². The molecule has 0 radical (unpaired) electrons. The maximum atomic E-state index is 13.1. The zero-order valence-corrected chi connectivity index (χ0v) is 11.0. The first kappa shape index (κ1) is 12.4. The van der Waals surface area contributed by atoms with Crippen LogP contribution in [0.25, 0.3) is 5.69 Å². The monoisotopic (exact) mass is 267 g/mol. The summed E-state index contributed by atoms with van der Waals surface area (Å²) in [5.41, 5.74) is 2.70. The summed E-state index contributed by atoms with van der Waals surface area (Å²) in [5.74, 6) is 0.463. The largest absolute Gasteiger partial charge is 0.325 e. The van der Waals surface area contributed by atoms with E-state index in [2.05, 4.69) is 10.3 Å². The number of nitrogens with zero attached hydrogens (tertiary/aromatic N) is 2. The molecule has 0 unspecified atom stereocenters. The van der Waals surface area contributed by atoms with Crippen LogP contribution < -0.4 is 5.32 Å². The Bertz CT molecular complexity index is 720. The van der Waals surface area contributed by atoms with Gasteiger partial charge in [0.2, 0.25) is 5.95 Å². The topological polar surface area (TPSA) is 29.9 Å². The molecular weight excluding hydrogens is 253 g/mol. The van der Waals surface area contributed by atoms with Crippen LogP contribution >= 0.6 is 0 Å². The SMILES string of the molecule is Cc1cc(F)ccc1Nc1nccn1-c1ccccc1. The van der Waals surface area contributed by atoms with E-state index in [0.29, 0.717) is 5.95 Å². The van der Waals surface area contributed by atoms with Gasteiger partial charge in [0.25, 0.3) is 0 Å². The Morgan fingerprint density at radius 1 is 1.10 bits per heavy atom. The Labute approximate surface area is 116 Å². The number of aromatic nitrogens is 2. The molecule has 1 N–H and O–H groups in total. The van der Waals surface area contributed by atoms with Crippen molar-refractivity contribution in [3.63, 3.8) is 0 Å². The molecule has 1 heterocycles. The van der Waals surface area contributed by atoms with Crippen molar-refractivity contribution >= 4 is 11.6 Å². The molecule has 0 spiro atoms. The first-order valence-corrected chi connectivity index (χ1v) is 6.36. The molecule has 0 aliphatic rings. The third kappa shape index (κ3) is 2.40. The van der Waals surface area contributed by atoms with Gasteiger partial charge in [-0.3, -0.25) is 4.57 Å². The summed E-state index contributed by atoms with van der Waals surface area (Å²) >= 11 is 0. The summed E-state index contributed by atoms with van der Waals surface area (Å²) in [6, 6.07) is 14.6. The molecule has 20 heavy (non-hydrogen) atoms. The van der Waals surface area contributed by atoms with Crippen molar-refractivity contribution in [2.24, 2.45) is 0 Å². The maximum Gasteiger partial charge on any atom is 0.212 e. The van der Waals surface area contributed by atoms with Crippen LogP contribution in [-0.2, 0) is 0 Å². The zero-order valence-electron chi connectivity index (χ0n) is 11.0. The van der Waals surface area contributed by atoms with Crippen molar-refractivity contribution in [3.8, 4) is 5.69 Å². The quantitative estimate of drug-likeness (QED) is 0.775. The fraction of sp³-hybridized carbons (Fsp3) is 0.0625. The third-order valence-corrected chi connectivity index (χ3v) is 3.11. The van der Waals surface area contributed by atoms with E-state index in [4.69, 9.17) is 0 Å². The fourth-order valence-electron chi connectivity index (χ4n) is 2.08. The minimum absolute atomic E-state index is 0.237. The Morgan fingerprint density at radius 3 is 2.65 bits per heavy atom. The van der Waals surface area contributed by atoms with Crippen LogP contribution in [0.3, 0.4) is 0 Å². The molecule has 3 rings (SSSR count). The second-order valence-electron chi connectivity index (χ2n) is 4.54. The van der Waals surface area contributed by atoms with E-state index < -0.39 is 0 Å². The van der Waals surface area contributed by atoms with E-state index in [9.17, 15) is 4.39 Å². The van der Waals surface area contributed by atoms with Crippen molar-refractivity contribution in [3.05, 3.63) is 72.3 Å². The number of benzene rings is 2. The fourth-order valence-corrected chi connectivity index (χ4v) is 2.08. The van der Waals surface area contributed by atoms with Gasteiger partial charge in [-0.05, 0) is 42.8 Å². The average Bonchev–Trinajstić information content (AvgIpc) is 2.91. The molecule has 4 heteroatoms. The predicted octanol–water partition coefficient (Wildman–Crippen LogP) is 4.06. The molecule has 0 aliphatic carbocycles. The number of anilines is 2. The molecule has 2 aromatic carbocycles. The number of rotatable bonds is 3. The molecule has 1 aromatic heterocycles. The van der Waals surface area contributed by atoms with Crippen molar-refractivity contribution in [1.29, 1.82) is 0 Å². The van der Waals surface area contributed by atoms with Gasteiger partial charge in [-0.2, -0.15) is 0 Å². The summed E-state index contributed by atoms with van der Waals surface area (Å²) in [4.78, 5) is 4.31. The van der Waals surface area contributed by atoms with Gasteiger partial charge >= 0.3 is 0 Å². The summed E-state index contributed by atoms with van der Waals surface area (Å²) in [7, 11) is 0. The first-order valence-electron chi connectivity index (χ1n) is 6.36. The number of aryl methyl sites for hydroxylation is 1. The standard InChI is InChI=1S/C16H14FN3/c1-12-11-13(17)7-8-15(12)19-16-18-9-10-20(16)14-5-3-2-4-6-14/h2-11H,1H3,(H,18,19). The lowest BCUT2D eigenvalue weighted by molar-refractivity contribution is 0.627. The highest BCUT2D eigenvalue weighted by molar-refractivity contribution is 5.60. The lowest BCUT2D eigenvalue weighted by atomic mass is 10.2. The minimum Gasteiger partial charge on any atom is -0.325 e. The molecule has 100 valence electrons. The number of nitrogens with one attached hydrogen (secondary N) is 1. The Hall–Kier alpha value is -2.62. The van der Waals surface area contributed by atoms with Crippen molar-refractivity contribution < 1.29 is 4.39 Å². The van der Waals surface area contributed by atoms with E-state index in [1.807, 2.05) is 48.0 Å². The van der Waals surface area contributed by atoms with Gasteiger partial charge in [0.05, 0.1) is 0 Å². The van der Waals surface area contributed by atoms with Crippen LogP contribution in [0.15, 0.2) is 60.9 Å². The predicted molar refractivity (Wildman–Crippen MR) is 78.0 cm³/mol. The Balaban J connectivity index is 1.95. The molecule has 0 bridgehead atoms. The van der Waals surface area contributed by atoms with Gasteiger partial charge < -0.3 is 5.32 Å². The summed E-state index contributed by atoms with van der Waals surface area (Å²) in [6.07, 6.45) is 3.62. The summed E-state index contributed by atoms with van der Waals surface area (Å²) in [5, 5.41) is 3.23. The second-order valence-corrected chi connectivity index (χ2v) is 4.54. The molecule has 0 aliphatic heterocycles. The molecule has 0 saturated heterocycles. The molecule has 3 nitrogen and oxygen atoms in total. The number of hydrogen-bond acceptors (Lipinski definition) is 2. The summed E-state index contributed by atoms with van der Waals surface area (Å²) in [6.45, 7) is 1.86. The number of para-hydroxylation sites is 1. The molecule has 3 aromatic rings. The van der Waals surface area contributed by atoms with E-state index in [0.717, 1.165) is 16.9 Å². The van der Waals surface area contributed by atoms with E-state index in [1.54, 1.807) is 12.3 Å². The van der Waals surface area contributed by atoms with Gasteiger partial charge in [-0.1, -0.05) is 18.2 Å². The molecule has 0 amide bonds. The van der Waals surface area contributed by atoms with Crippen LogP contribution in [0.1, 0.15) is 5.56 Å². The molecular formula is C16H14FN3. The van der Waals surface area contributed by atoms with Crippen LogP contribution in [0, 0.1) is 12.7 Å². The highest BCUT2D eigenvalue weighted by Gasteiger charge is 2.07. The summed E-state index contributed by atoms with van der Waals surface area (Å²) < 4.78 is 15.1. The zero-order chi connectivity index (χ0) is 13.9. The van der Waals surface area contributed by atoms with Crippen LogP contribution in [0.4, 0.5) is 16.0 Å². The average molecular weight is 267 g/mol. The second kappa shape index (κ2) is 5.17. The Kier molecular flexibility index (Phi) is 3.21. The van der Waals surface area contributed by atoms with Crippen molar-refractivity contribution in [1.82, 2.24) is 9.55 Å². The highest BCUT2D eigenvalue weighted by atomic mass is 19.1. The highest BCUT2D eigenvalue weighted by Crippen LogP contribution is 2.22. The molecule has 0 atom stereocenters. The lowest BCUT2D eigenvalue weighted by Gasteiger charge is -2.11. The normalized spacial score (nSPS) is 10.5. The molecule has 0 saturated carbocycles. The van der Waals surface area contributed by atoms with Gasteiger partial charge in [-0.25, -0.2) is 9.37 Å². The van der Waals surface area contributed by atoms with Gasteiger partial charge in [0.15, 0.2) is 0 Å². The van der Waals surface area contributed by atoms with E-state index in [1.165, 1.54) is 12.1 Å². The smallest absolute Gasteiger partial charge is 0.212 e. The third-order valence-electron chi connectivity index (χ3n) is 3.11.